The number of aromatic nitrogens is 3. The number of benzene rings is 1. The fraction of sp³-hybridized carbons (Fsp3) is 0.471. The first-order chi connectivity index (χ1) is 11.8. The van der Waals surface area contributed by atoms with E-state index in [-0.39, 0.29) is 11.9 Å². The van der Waals surface area contributed by atoms with Gasteiger partial charge in [0.1, 0.15) is 18.7 Å². The zero-order valence-electron chi connectivity index (χ0n) is 13.5. The molecule has 2 heterocycles. The molecule has 2 aliphatic rings. The Labute approximate surface area is 140 Å². The molecule has 3 atom stereocenters. The third kappa shape index (κ3) is 3.18. The molecule has 126 valence electrons. The molecule has 1 aromatic heterocycles. The number of hydrazine groups is 1. The first-order valence-corrected chi connectivity index (χ1v) is 8.53. The fourth-order valence-electron chi connectivity index (χ4n) is 3.77. The van der Waals surface area contributed by atoms with Crippen molar-refractivity contribution in [3.8, 4) is 0 Å². The van der Waals surface area contributed by atoms with E-state index in [0.717, 1.165) is 24.1 Å². The number of fused-ring (bicyclic) bond motifs is 1. The second-order valence-corrected chi connectivity index (χ2v) is 6.60. The van der Waals surface area contributed by atoms with Crippen molar-refractivity contribution in [3.63, 3.8) is 0 Å². The normalized spacial score (nSPS) is 26.1. The van der Waals surface area contributed by atoms with E-state index in [1.165, 1.54) is 19.2 Å². The van der Waals surface area contributed by atoms with Crippen LogP contribution in [0, 0.1) is 5.92 Å². The van der Waals surface area contributed by atoms with Crippen LogP contribution in [0.5, 0.6) is 0 Å². The molecule has 1 aromatic carbocycles. The summed E-state index contributed by atoms with van der Waals surface area (Å²) in [5.74, 6) is 0.423. The number of anilines is 1. The molecule has 0 spiro atoms. The first kappa shape index (κ1) is 15.3. The van der Waals surface area contributed by atoms with E-state index in [1.54, 1.807) is 11.0 Å². The van der Waals surface area contributed by atoms with Crippen molar-refractivity contribution in [2.75, 3.05) is 5.32 Å². The zero-order valence-corrected chi connectivity index (χ0v) is 13.5. The summed E-state index contributed by atoms with van der Waals surface area (Å²) in [4.78, 5) is 16.6. The number of hydrogen-bond acceptors (Lipinski definition) is 5. The Morgan fingerprint density at radius 1 is 1.29 bits per heavy atom. The number of hydrogen-bond donors (Lipinski definition) is 3. The van der Waals surface area contributed by atoms with Crippen molar-refractivity contribution in [2.45, 2.75) is 44.3 Å². The van der Waals surface area contributed by atoms with Gasteiger partial charge in [-0.1, -0.05) is 25.0 Å². The smallest absolute Gasteiger partial charge is 0.243 e. The van der Waals surface area contributed by atoms with Crippen molar-refractivity contribution in [3.05, 3.63) is 42.5 Å². The Morgan fingerprint density at radius 2 is 2.21 bits per heavy atom. The van der Waals surface area contributed by atoms with E-state index in [2.05, 4.69) is 26.3 Å². The van der Waals surface area contributed by atoms with Crippen LogP contribution in [0.2, 0.25) is 0 Å². The van der Waals surface area contributed by atoms with E-state index in [4.69, 9.17) is 0 Å². The molecule has 7 heteroatoms. The van der Waals surface area contributed by atoms with Gasteiger partial charge in [0.05, 0.1) is 6.54 Å². The molecule has 1 aliphatic carbocycles. The number of rotatable bonds is 4. The van der Waals surface area contributed by atoms with Gasteiger partial charge in [0.2, 0.25) is 5.91 Å². The summed E-state index contributed by atoms with van der Waals surface area (Å²) in [6.45, 7) is 0.637. The Morgan fingerprint density at radius 3 is 3.08 bits per heavy atom. The van der Waals surface area contributed by atoms with Crippen molar-refractivity contribution in [1.82, 2.24) is 25.6 Å². The van der Waals surface area contributed by atoms with Crippen LogP contribution in [-0.4, -0.2) is 32.8 Å². The summed E-state index contributed by atoms with van der Waals surface area (Å²) in [5, 5.41) is 7.16. The maximum atomic E-state index is 12.7. The van der Waals surface area contributed by atoms with Gasteiger partial charge in [-0.3, -0.25) is 10.2 Å². The highest BCUT2D eigenvalue weighted by atomic mass is 16.2. The van der Waals surface area contributed by atoms with Crippen molar-refractivity contribution >= 4 is 11.6 Å². The lowest BCUT2D eigenvalue weighted by Gasteiger charge is -2.26. The van der Waals surface area contributed by atoms with Gasteiger partial charge >= 0.3 is 0 Å². The van der Waals surface area contributed by atoms with E-state index in [9.17, 15) is 4.79 Å². The van der Waals surface area contributed by atoms with Crippen LogP contribution in [0.3, 0.4) is 0 Å². The molecule has 1 saturated carbocycles. The minimum Gasteiger partial charge on any atom is -0.325 e. The van der Waals surface area contributed by atoms with Crippen molar-refractivity contribution in [1.29, 1.82) is 0 Å². The van der Waals surface area contributed by atoms with Crippen molar-refractivity contribution < 1.29 is 4.79 Å². The molecular weight excluding hydrogens is 304 g/mol. The Kier molecular flexibility index (Phi) is 4.27. The molecule has 1 amide bonds. The Bertz CT molecular complexity index is 701. The monoisotopic (exact) mass is 326 g/mol. The maximum Gasteiger partial charge on any atom is 0.243 e. The summed E-state index contributed by atoms with van der Waals surface area (Å²) in [6.07, 6.45) is 7.91. The molecule has 2 aromatic rings. The largest absolute Gasteiger partial charge is 0.325 e. The number of carbonyl (C=O) groups excluding carboxylic acids is 1. The highest BCUT2D eigenvalue weighted by Gasteiger charge is 2.40. The van der Waals surface area contributed by atoms with Crippen LogP contribution in [0.1, 0.15) is 31.2 Å². The van der Waals surface area contributed by atoms with E-state index in [0.29, 0.717) is 18.5 Å². The first-order valence-electron chi connectivity index (χ1n) is 8.53. The summed E-state index contributed by atoms with van der Waals surface area (Å²) >= 11 is 0. The molecule has 0 bridgehead atoms. The van der Waals surface area contributed by atoms with Crippen LogP contribution >= 0.6 is 0 Å². The van der Waals surface area contributed by atoms with Gasteiger partial charge in [-0.15, -0.1) is 0 Å². The van der Waals surface area contributed by atoms with Gasteiger partial charge in [-0.2, -0.15) is 5.10 Å². The molecule has 1 saturated heterocycles. The van der Waals surface area contributed by atoms with Crippen LogP contribution < -0.4 is 16.2 Å². The lowest BCUT2D eigenvalue weighted by atomic mass is 9.81. The quantitative estimate of drug-likeness (QED) is 0.789. The van der Waals surface area contributed by atoms with Gasteiger partial charge in [-0.25, -0.2) is 15.1 Å². The van der Waals surface area contributed by atoms with Crippen LogP contribution in [0.4, 0.5) is 5.69 Å². The van der Waals surface area contributed by atoms with Crippen LogP contribution in [0.15, 0.2) is 36.9 Å². The summed E-state index contributed by atoms with van der Waals surface area (Å²) < 4.78 is 1.76. The minimum absolute atomic E-state index is 0.0369. The maximum absolute atomic E-state index is 12.7. The average Bonchev–Trinajstić information content (AvgIpc) is 3.24. The highest BCUT2D eigenvalue weighted by molar-refractivity contribution is 5.95. The van der Waals surface area contributed by atoms with Crippen LogP contribution in [-0.2, 0) is 11.3 Å². The molecule has 2 fully saturated rings. The van der Waals surface area contributed by atoms with Gasteiger partial charge in [-0.05, 0) is 30.5 Å². The standard InChI is InChI=1S/C17H22N6O/c24-17(16-14-6-1-2-7-15(14)21-22-16)20-13-5-3-4-12(8-13)9-23-11-18-10-19-23/h3-5,8,10-11,14-16,21-22H,1-2,6-7,9H2,(H,20,24). The number of nitrogens with one attached hydrogen (secondary N) is 3. The summed E-state index contributed by atoms with van der Waals surface area (Å²) in [6, 6.07) is 8.14. The zero-order chi connectivity index (χ0) is 16.4. The van der Waals surface area contributed by atoms with Crippen molar-refractivity contribution in [2.24, 2.45) is 5.92 Å². The Hall–Kier alpha value is -2.25. The molecule has 3 N–H and O–H groups in total. The van der Waals surface area contributed by atoms with Gasteiger partial charge in [0, 0.05) is 17.6 Å². The predicted octanol–water partition coefficient (Wildman–Crippen LogP) is 1.30. The number of amides is 1. The van der Waals surface area contributed by atoms with E-state index in [1.807, 2.05) is 24.3 Å². The lowest BCUT2D eigenvalue weighted by Crippen LogP contribution is -2.42. The number of carbonyl (C=O) groups is 1. The minimum atomic E-state index is -0.158. The van der Waals surface area contributed by atoms with Gasteiger partial charge in [0.25, 0.3) is 0 Å². The molecule has 1 aliphatic heterocycles. The highest BCUT2D eigenvalue weighted by Crippen LogP contribution is 2.30. The molecule has 0 radical (unpaired) electrons. The third-order valence-electron chi connectivity index (χ3n) is 4.96. The lowest BCUT2D eigenvalue weighted by molar-refractivity contribution is -0.118. The molecule has 4 rings (SSSR count). The SMILES string of the molecule is O=C(Nc1cccc(Cn2cncn2)c1)C1NNC2CCCCC21. The Balaban J connectivity index is 1.42. The summed E-state index contributed by atoms with van der Waals surface area (Å²) in [7, 11) is 0. The third-order valence-corrected chi connectivity index (χ3v) is 4.96. The molecular formula is C17H22N6O. The fourth-order valence-corrected chi connectivity index (χ4v) is 3.77. The predicted molar refractivity (Wildman–Crippen MR) is 90.0 cm³/mol. The van der Waals surface area contributed by atoms with E-state index < -0.39 is 0 Å². The average molecular weight is 326 g/mol. The van der Waals surface area contributed by atoms with E-state index >= 15 is 0 Å². The van der Waals surface area contributed by atoms with Gasteiger partial charge < -0.3 is 5.32 Å². The van der Waals surface area contributed by atoms with Gasteiger partial charge in [0.15, 0.2) is 0 Å². The molecule has 24 heavy (non-hydrogen) atoms. The molecule has 3 unspecified atom stereocenters. The second kappa shape index (κ2) is 6.70. The topological polar surface area (TPSA) is 83.9 Å². The van der Waals surface area contributed by atoms with Crippen LogP contribution in [0.25, 0.3) is 0 Å². The number of nitrogens with zero attached hydrogens (tertiary/aromatic N) is 3. The summed E-state index contributed by atoms with van der Waals surface area (Å²) in [5.41, 5.74) is 8.37. The molecule has 7 nitrogen and oxygen atoms in total. The second-order valence-electron chi connectivity index (χ2n) is 6.60.